The van der Waals surface area contributed by atoms with E-state index < -0.39 is 11.8 Å². The minimum Gasteiger partial charge on any atom is -0.466 e. The van der Waals surface area contributed by atoms with Gasteiger partial charge in [0.25, 0.3) is 11.8 Å². The van der Waals surface area contributed by atoms with E-state index in [1.165, 1.54) is 6.92 Å². The van der Waals surface area contributed by atoms with Crippen molar-refractivity contribution in [3.63, 3.8) is 0 Å². The lowest BCUT2D eigenvalue weighted by molar-refractivity contribution is -0.141. The van der Waals surface area contributed by atoms with Crippen molar-refractivity contribution < 1.29 is 19.1 Å². The number of carbonyl (C=O) groups excluding carboxylic acids is 3. The zero-order valence-electron chi connectivity index (χ0n) is 20.5. The van der Waals surface area contributed by atoms with E-state index in [4.69, 9.17) is 9.84 Å². The molecule has 2 amide bonds. The van der Waals surface area contributed by atoms with Gasteiger partial charge in [-0.15, -0.1) is 0 Å². The minimum atomic E-state index is -0.487. The number of hydrogen-bond donors (Lipinski definition) is 1. The summed E-state index contributed by atoms with van der Waals surface area (Å²) in [5.41, 5.74) is 4.13. The molecule has 3 aromatic heterocycles. The number of para-hydroxylation sites is 2. The van der Waals surface area contributed by atoms with Crippen molar-refractivity contribution in [3.8, 4) is 5.69 Å². The third-order valence-corrected chi connectivity index (χ3v) is 6.55. The number of nitrogens with zero attached hydrogens (tertiary/aromatic N) is 4. The second kappa shape index (κ2) is 9.44. The Hall–Kier alpha value is -5.05. The van der Waals surface area contributed by atoms with Crippen LogP contribution in [-0.2, 0) is 25.7 Å². The van der Waals surface area contributed by atoms with Crippen LogP contribution in [0.4, 0.5) is 0 Å². The molecule has 1 aliphatic rings. The number of rotatable bonds is 7. The molecule has 5 aromatic rings. The van der Waals surface area contributed by atoms with Gasteiger partial charge >= 0.3 is 5.97 Å². The van der Waals surface area contributed by atoms with Crippen LogP contribution in [0.5, 0.6) is 0 Å². The van der Waals surface area contributed by atoms with Crippen LogP contribution in [0, 0.1) is 0 Å². The van der Waals surface area contributed by atoms with Crippen LogP contribution >= 0.6 is 0 Å². The van der Waals surface area contributed by atoms with E-state index in [9.17, 15) is 14.4 Å². The summed E-state index contributed by atoms with van der Waals surface area (Å²) < 4.78 is 8.81. The number of pyridine rings is 1. The van der Waals surface area contributed by atoms with E-state index in [-0.39, 0.29) is 23.7 Å². The number of fused-ring (bicyclic) bond motifs is 2. The normalized spacial score (nSPS) is 13.5. The molecule has 9 heteroatoms. The monoisotopic (exact) mass is 505 g/mol. The molecule has 0 saturated heterocycles. The number of aryl methyl sites for hydroxylation is 1. The summed E-state index contributed by atoms with van der Waals surface area (Å²) in [7, 11) is 0. The Morgan fingerprint density at radius 1 is 0.921 bits per heavy atom. The summed E-state index contributed by atoms with van der Waals surface area (Å²) in [5.74, 6) is -1.29. The SMILES string of the molecule is CC(=O)OCCCn1nc(C2=C(c3cn(-c4cccnc4)c4ccccc34)C(=O)NC2=O)c2ccccc21. The second-order valence-corrected chi connectivity index (χ2v) is 8.96. The van der Waals surface area contributed by atoms with Crippen molar-refractivity contribution in [1.29, 1.82) is 0 Å². The average molecular weight is 506 g/mol. The summed E-state index contributed by atoms with van der Waals surface area (Å²) in [5, 5.41) is 8.86. The molecular formula is C29H23N5O4. The van der Waals surface area contributed by atoms with Gasteiger partial charge in [0.05, 0.1) is 40.7 Å². The molecule has 9 nitrogen and oxygen atoms in total. The Morgan fingerprint density at radius 2 is 1.66 bits per heavy atom. The van der Waals surface area contributed by atoms with Gasteiger partial charge in [0, 0.05) is 48.6 Å². The summed E-state index contributed by atoms with van der Waals surface area (Å²) >= 11 is 0. The molecule has 0 saturated carbocycles. The number of amides is 2. The highest BCUT2D eigenvalue weighted by molar-refractivity contribution is 6.50. The molecule has 1 N–H and O–H groups in total. The Kier molecular flexibility index (Phi) is 5.80. The predicted octanol–water partition coefficient (Wildman–Crippen LogP) is 3.90. The van der Waals surface area contributed by atoms with Crippen molar-refractivity contribution in [2.75, 3.05) is 6.61 Å². The zero-order valence-corrected chi connectivity index (χ0v) is 20.5. The molecule has 2 aromatic carbocycles. The van der Waals surface area contributed by atoms with E-state index in [2.05, 4.69) is 10.3 Å². The van der Waals surface area contributed by atoms with Gasteiger partial charge in [-0.25, -0.2) is 0 Å². The summed E-state index contributed by atoms with van der Waals surface area (Å²) in [6, 6.07) is 19.1. The number of carbonyl (C=O) groups is 3. The van der Waals surface area contributed by atoms with Crippen molar-refractivity contribution >= 4 is 50.7 Å². The Balaban J connectivity index is 1.53. The Bertz CT molecular complexity index is 1760. The lowest BCUT2D eigenvalue weighted by Gasteiger charge is -2.04. The first-order chi connectivity index (χ1) is 18.5. The fraction of sp³-hybridized carbons (Fsp3) is 0.138. The predicted molar refractivity (Wildman–Crippen MR) is 142 cm³/mol. The van der Waals surface area contributed by atoms with Gasteiger partial charge in [-0.2, -0.15) is 5.10 Å². The minimum absolute atomic E-state index is 0.235. The molecule has 0 atom stereocenters. The molecular weight excluding hydrogens is 482 g/mol. The highest BCUT2D eigenvalue weighted by Crippen LogP contribution is 2.38. The van der Waals surface area contributed by atoms with Gasteiger partial charge in [0.15, 0.2) is 0 Å². The number of aromatic nitrogens is 4. The maximum absolute atomic E-state index is 13.3. The maximum atomic E-state index is 13.3. The van der Waals surface area contributed by atoms with Gasteiger partial charge in [0.2, 0.25) is 0 Å². The van der Waals surface area contributed by atoms with Crippen LogP contribution in [-0.4, -0.2) is 43.7 Å². The van der Waals surface area contributed by atoms with Crippen molar-refractivity contribution in [2.45, 2.75) is 19.9 Å². The van der Waals surface area contributed by atoms with Gasteiger partial charge < -0.3 is 9.30 Å². The summed E-state index contributed by atoms with van der Waals surface area (Å²) in [6.07, 6.45) is 5.87. The first kappa shape index (κ1) is 23.4. The molecule has 4 heterocycles. The maximum Gasteiger partial charge on any atom is 0.302 e. The van der Waals surface area contributed by atoms with Crippen LogP contribution in [0.2, 0.25) is 0 Å². The van der Waals surface area contributed by atoms with Crippen LogP contribution in [0.15, 0.2) is 79.3 Å². The highest BCUT2D eigenvalue weighted by atomic mass is 16.5. The average Bonchev–Trinajstić information content (AvgIpc) is 3.57. The first-order valence-corrected chi connectivity index (χ1v) is 12.2. The second-order valence-electron chi connectivity index (χ2n) is 8.96. The summed E-state index contributed by atoms with van der Waals surface area (Å²) in [6.45, 7) is 2.11. The van der Waals surface area contributed by atoms with Crippen LogP contribution < -0.4 is 5.32 Å². The van der Waals surface area contributed by atoms with Gasteiger partial charge in [-0.3, -0.25) is 29.4 Å². The molecule has 0 spiro atoms. The van der Waals surface area contributed by atoms with Crippen LogP contribution in [0.25, 0.3) is 38.6 Å². The van der Waals surface area contributed by atoms with Gasteiger partial charge in [0.1, 0.15) is 5.69 Å². The van der Waals surface area contributed by atoms with Gasteiger partial charge in [-0.05, 0) is 24.3 Å². The topological polar surface area (TPSA) is 108 Å². The van der Waals surface area contributed by atoms with Gasteiger partial charge in [-0.1, -0.05) is 36.4 Å². The molecule has 0 bridgehead atoms. The number of hydrogen-bond acceptors (Lipinski definition) is 6. The van der Waals surface area contributed by atoms with Crippen molar-refractivity contribution in [1.82, 2.24) is 24.6 Å². The van der Waals surface area contributed by atoms with Crippen LogP contribution in [0.1, 0.15) is 24.6 Å². The standard InChI is InChI=1S/C29H23N5O4/c1-18(35)38-15-7-14-34-24-12-5-3-10-21(24)27(32-34)26-25(28(36)31-29(26)37)22-17-33(19-8-6-13-30-16-19)23-11-4-2-9-20(22)23/h2-6,8-13,16-17H,7,14-15H2,1H3,(H,31,36,37). The van der Waals surface area contributed by atoms with E-state index in [0.717, 1.165) is 27.5 Å². The number of ether oxygens (including phenoxy) is 1. The number of imide groups is 1. The molecule has 0 radical (unpaired) electrons. The Morgan fingerprint density at radius 3 is 2.42 bits per heavy atom. The molecule has 6 rings (SSSR count). The van der Waals surface area contributed by atoms with E-state index >= 15 is 0 Å². The molecule has 0 unspecified atom stereocenters. The first-order valence-electron chi connectivity index (χ1n) is 12.2. The molecule has 188 valence electrons. The zero-order chi connectivity index (χ0) is 26.2. The summed E-state index contributed by atoms with van der Waals surface area (Å²) in [4.78, 5) is 41.9. The van der Waals surface area contributed by atoms with Crippen molar-refractivity contribution in [3.05, 3.63) is 90.5 Å². The lowest BCUT2D eigenvalue weighted by atomic mass is 9.97. The highest BCUT2D eigenvalue weighted by Gasteiger charge is 2.36. The number of nitrogens with one attached hydrogen (secondary N) is 1. The number of benzene rings is 2. The number of esters is 1. The third-order valence-electron chi connectivity index (χ3n) is 6.55. The quantitative estimate of drug-likeness (QED) is 0.204. The molecule has 0 aliphatic carbocycles. The van der Waals surface area contributed by atoms with Crippen LogP contribution in [0.3, 0.4) is 0 Å². The van der Waals surface area contributed by atoms with E-state index in [1.807, 2.05) is 71.4 Å². The Labute approximate surface area is 217 Å². The third kappa shape index (κ3) is 3.94. The lowest BCUT2D eigenvalue weighted by Crippen LogP contribution is -2.22. The fourth-order valence-corrected chi connectivity index (χ4v) is 4.94. The molecule has 1 aliphatic heterocycles. The van der Waals surface area contributed by atoms with E-state index in [0.29, 0.717) is 24.2 Å². The fourth-order valence-electron chi connectivity index (χ4n) is 4.94. The molecule has 0 fully saturated rings. The molecule has 38 heavy (non-hydrogen) atoms. The van der Waals surface area contributed by atoms with E-state index in [1.54, 1.807) is 17.1 Å². The van der Waals surface area contributed by atoms with Crippen molar-refractivity contribution in [2.24, 2.45) is 0 Å². The smallest absolute Gasteiger partial charge is 0.302 e. The largest absolute Gasteiger partial charge is 0.466 e.